The molecule has 3 N–H and O–H groups in total. The third-order valence-corrected chi connectivity index (χ3v) is 2.70. The number of hydrogen-bond donors (Lipinski definition) is 2. The van der Waals surface area contributed by atoms with Gasteiger partial charge in [-0.1, -0.05) is 20.8 Å². The molecule has 0 aliphatic carbocycles. The molecule has 1 unspecified atom stereocenters. The van der Waals surface area contributed by atoms with Crippen LogP contribution in [0.4, 0.5) is 15.8 Å². The van der Waals surface area contributed by atoms with E-state index in [1.165, 1.54) is 0 Å². The van der Waals surface area contributed by atoms with E-state index in [0.717, 1.165) is 18.2 Å². The Morgan fingerprint density at radius 3 is 2.57 bits per heavy atom. The van der Waals surface area contributed by atoms with Crippen molar-refractivity contribution < 1.29 is 14.1 Å². The molecule has 0 aliphatic rings. The fourth-order valence-electron chi connectivity index (χ4n) is 2.06. The minimum absolute atomic E-state index is 0.00264. The first-order valence-corrected chi connectivity index (χ1v) is 6.57. The summed E-state index contributed by atoms with van der Waals surface area (Å²) < 4.78 is 13.2. The van der Waals surface area contributed by atoms with E-state index in [9.17, 15) is 19.3 Å². The topological polar surface area (TPSA) is 98.3 Å². The van der Waals surface area contributed by atoms with E-state index in [2.05, 4.69) is 5.32 Å². The van der Waals surface area contributed by atoms with Crippen LogP contribution in [0.3, 0.4) is 0 Å². The van der Waals surface area contributed by atoms with Gasteiger partial charge < -0.3 is 11.1 Å². The van der Waals surface area contributed by atoms with E-state index in [-0.39, 0.29) is 23.6 Å². The van der Waals surface area contributed by atoms with E-state index in [0.29, 0.717) is 6.42 Å². The Bertz CT molecular complexity index is 541. The molecule has 0 spiro atoms. The number of anilines is 1. The molecule has 1 aromatic carbocycles. The van der Waals surface area contributed by atoms with Crippen LogP contribution in [0.2, 0.25) is 0 Å². The molecule has 1 aromatic rings. The van der Waals surface area contributed by atoms with Crippen LogP contribution in [0.25, 0.3) is 0 Å². The third-order valence-electron chi connectivity index (χ3n) is 2.70. The molecule has 1 rings (SSSR count). The Morgan fingerprint density at radius 2 is 2.05 bits per heavy atom. The monoisotopic (exact) mass is 297 g/mol. The molecular weight excluding hydrogens is 277 g/mol. The van der Waals surface area contributed by atoms with Gasteiger partial charge in [0.15, 0.2) is 0 Å². The van der Waals surface area contributed by atoms with Crippen LogP contribution in [0, 0.1) is 21.3 Å². The van der Waals surface area contributed by atoms with Gasteiger partial charge in [0.2, 0.25) is 5.91 Å². The normalized spacial score (nSPS) is 12.8. The first-order valence-electron chi connectivity index (χ1n) is 6.57. The first kappa shape index (κ1) is 17.0. The lowest BCUT2D eigenvalue weighted by atomic mass is 9.87. The molecular formula is C14H20FN3O3. The van der Waals surface area contributed by atoms with Crippen LogP contribution >= 0.6 is 0 Å². The summed E-state index contributed by atoms with van der Waals surface area (Å²) in [5, 5.41) is 13.1. The lowest BCUT2D eigenvalue weighted by Crippen LogP contribution is -2.31. The molecule has 0 fully saturated rings. The van der Waals surface area contributed by atoms with Crippen molar-refractivity contribution in [1.82, 2.24) is 0 Å². The predicted molar refractivity (Wildman–Crippen MR) is 78.3 cm³/mol. The van der Waals surface area contributed by atoms with Crippen LogP contribution in [0.1, 0.15) is 33.6 Å². The molecule has 1 atom stereocenters. The van der Waals surface area contributed by atoms with Crippen LogP contribution in [-0.4, -0.2) is 16.9 Å². The van der Waals surface area contributed by atoms with E-state index < -0.39 is 22.3 Å². The predicted octanol–water partition coefficient (Wildman–Crippen LogP) is 2.83. The van der Waals surface area contributed by atoms with Crippen molar-refractivity contribution in [2.45, 2.75) is 39.7 Å². The van der Waals surface area contributed by atoms with Gasteiger partial charge in [-0.05, 0) is 17.9 Å². The van der Waals surface area contributed by atoms with Crippen molar-refractivity contribution in [3.8, 4) is 0 Å². The molecule has 21 heavy (non-hydrogen) atoms. The number of benzene rings is 1. The Kier molecular flexibility index (Phi) is 5.37. The second-order valence-electron chi connectivity index (χ2n) is 6.23. The highest BCUT2D eigenvalue weighted by Crippen LogP contribution is 2.22. The highest BCUT2D eigenvalue weighted by Gasteiger charge is 2.19. The number of nitrogens with one attached hydrogen (secondary N) is 1. The summed E-state index contributed by atoms with van der Waals surface area (Å²) in [5.74, 6) is -1.18. The highest BCUT2D eigenvalue weighted by molar-refractivity contribution is 5.91. The zero-order valence-corrected chi connectivity index (χ0v) is 12.4. The molecule has 116 valence electrons. The first-order chi connectivity index (χ1) is 9.56. The van der Waals surface area contributed by atoms with Gasteiger partial charge in [-0.15, -0.1) is 0 Å². The van der Waals surface area contributed by atoms with E-state index in [1.54, 1.807) is 0 Å². The quantitative estimate of drug-likeness (QED) is 0.645. The van der Waals surface area contributed by atoms with Crippen molar-refractivity contribution in [3.63, 3.8) is 0 Å². The summed E-state index contributed by atoms with van der Waals surface area (Å²) in [6, 6.07) is 2.60. The van der Waals surface area contributed by atoms with Crippen LogP contribution < -0.4 is 11.1 Å². The Morgan fingerprint density at radius 1 is 1.43 bits per heavy atom. The third kappa shape index (κ3) is 6.31. The highest BCUT2D eigenvalue weighted by atomic mass is 19.1. The number of amides is 1. The maximum atomic E-state index is 13.2. The van der Waals surface area contributed by atoms with Gasteiger partial charge >= 0.3 is 0 Å². The van der Waals surface area contributed by atoms with Crippen molar-refractivity contribution in [3.05, 3.63) is 34.1 Å². The standard InChI is InChI=1S/C14H20FN3O3/c1-14(2,3)8-10(16)6-13(19)17-11-4-9(15)5-12(7-11)18(20)21/h4-5,7,10H,6,8,16H2,1-3H3,(H,17,19). The van der Waals surface area contributed by atoms with Crippen molar-refractivity contribution in [2.75, 3.05) is 5.32 Å². The number of nitrogens with zero attached hydrogens (tertiary/aromatic N) is 1. The molecule has 0 bridgehead atoms. The average molecular weight is 297 g/mol. The van der Waals surface area contributed by atoms with Gasteiger partial charge in [-0.2, -0.15) is 0 Å². The molecule has 0 radical (unpaired) electrons. The molecule has 0 heterocycles. The molecule has 0 aromatic heterocycles. The second-order valence-corrected chi connectivity index (χ2v) is 6.23. The number of nitro benzene ring substituents is 1. The number of carbonyl (C=O) groups is 1. The van der Waals surface area contributed by atoms with Crippen molar-refractivity contribution >= 4 is 17.3 Å². The fraction of sp³-hybridized carbons (Fsp3) is 0.500. The second kappa shape index (κ2) is 6.62. The number of hydrogen-bond acceptors (Lipinski definition) is 4. The summed E-state index contributed by atoms with van der Waals surface area (Å²) in [5.41, 5.74) is 5.51. The molecule has 0 aliphatic heterocycles. The number of halogens is 1. The van der Waals surface area contributed by atoms with Gasteiger partial charge in [0.1, 0.15) is 5.82 Å². The number of non-ortho nitro benzene ring substituents is 1. The van der Waals surface area contributed by atoms with Crippen LogP contribution in [0.5, 0.6) is 0 Å². The van der Waals surface area contributed by atoms with Gasteiger partial charge in [-0.25, -0.2) is 4.39 Å². The minimum Gasteiger partial charge on any atom is -0.327 e. The minimum atomic E-state index is -0.779. The zero-order valence-electron chi connectivity index (χ0n) is 12.4. The van der Waals surface area contributed by atoms with Crippen LogP contribution in [-0.2, 0) is 4.79 Å². The molecule has 7 heteroatoms. The fourth-order valence-corrected chi connectivity index (χ4v) is 2.06. The summed E-state index contributed by atoms with van der Waals surface area (Å²) in [6.45, 7) is 6.04. The molecule has 6 nitrogen and oxygen atoms in total. The maximum absolute atomic E-state index is 13.2. The summed E-state index contributed by atoms with van der Waals surface area (Å²) in [7, 11) is 0. The van der Waals surface area contributed by atoms with E-state index in [1.807, 2.05) is 20.8 Å². The molecule has 1 amide bonds. The summed E-state index contributed by atoms with van der Waals surface area (Å²) in [4.78, 5) is 21.7. The molecule has 0 saturated carbocycles. The van der Waals surface area contributed by atoms with Crippen molar-refractivity contribution in [2.24, 2.45) is 11.1 Å². The van der Waals surface area contributed by atoms with Gasteiger partial charge in [-0.3, -0.25) is 14.9 Å². The van der Waals surface area contributed by atoms with Crippen LogP contribution in [0.15, 0.2) is 18.2 Å². The van der Waals surface area contributed by atoms with Gasteiger partial charge in [0.05, 0.1) is 16.7 Å². The number of rotatable bonds is 5. The lowest BCUT2D eigenvalue weighted by Gasteiger charge is -2.22. The Balaban J connectivity index is 2.69. The smallest absolute Gasteiger partial charge is 0.274 e. The maximum Gasteiger partial charge on any atom is 0.274 e. The van der Waals surface area contributed by atoms with Gasteiger partial charge in [0, 0.05) is 18.5 Å². The average Bonchev–Trinajstić information content (AvgIpc) is 2.24. The number of nitrogens with two attached hydrogens (primary N) is 1. The van der Waals surface area contributed by atoms with E-state index in [4.69, 9.17) is 5.73 Å². The number of carbonyl (C=O) groups excluding carboxylic acids is 1. The number of nitro groups is 1. The molecule has 0 saturated heterocycles. The SMILES string of the molecule is CC(C)(C)CC(N)CC(=O)Nc1cc(F)cc([N+](=O)[O-])c1. The Hall–Kier alpha value is -2.02. The summed E-state index contributed by atoms with van der Waals surface area (Å²) >= 11 is 0. The van der Waals surface area contributed by atoms with Crippen molar-refractivity contribution in [1.29, 1.82) is 0 Å². The lowest BCUT2D eigenvalue weighted by molar-refractivity contribution is -0.385. The van der Waals surface area contributed by atoms with Gasteiger partial charge in [0.25, 0.3) is 5.69 Å². The largest absolute Gasteiger partial charge is 0.327 e. The van der Waals surface area contributed by atoms with E-state index >= 15 is 0 Å². The Labute approximate surface area is 122 Å². The summed E-state index contributed by atoms with van der Waals surface area (Å²) in [6.07, 6.45) is 0.727. The zero-order chi connectivity index (χ0) is 16.2.